The molecular formula is C18H22Cl2N2O4. The third kappa shape index (κ3) is 5.89. The quantitative estimate of drug-likeness (QED) is 0.522. The first kappa shape index (κ1) is 21.7. The van der Waals surface area contributed by atoms with Gasteiger partial charge >= 0.3 is 0 Å². The largest absolute Gasteiger partial charge is 0.497 e. The molecule has 142 valence electrons. The van der Waals surface area contributed by atoms with Crippen molar-refractivity contribution in [1.29, 1.82) is 0 Å². The number of nitrogens with two attached hydrogens (primary N) is 1. The Bertz CT molecular complexity index is 724. The maximum absolute atomic E-state index is 12.2. The highest BCUT2D eigenvalue weighted by atomic mass is 35.5. The molecule has 0 spiro atoms. The first-order valence-electron chi connectivity index (χ1n) is 7.73. The number of anilines is 1. The van der Waals surface area contributed by atoms with Gasteiger partial charge in [0.25, 0.3) is 5.91 Å². The Balaban J connectivity index is 0.00000338. The summed E-state index contributed by atoms with van der Waals surface area (Å²) in [6.45, 7) is 0.937. The molecule has 2 aromatic rings. The lowest BCUT2D eigenvalue weighted by Gasteiger charge is -2.11. The normalized spacial score (nSPS) is 9.81. The molecule has 0 atom stereocenters. The predicted octanol–water partition coefficient (Wildman–Crippen LogP) is 3.56. The lowest BCUT2D eigenvalue weighted by molar-refractivity contribution is 0.0948. The second-order valence-electron chi connectivity index (χ2n) is 5.21. The number of nitrogen functional groups attached to an aromatic ring is 1. The van der Waals surface area contributed by atoms with Gasteiger partial charge in [0, 0.05) is 12.6 Å². The van der Waals surface area contributed by atoms with Crippen molar-refractivity contribution in [2.24, 2.45) is 0 Å². The number of ether oxygens (including phenoxy) is 3. The van der Waals surface area contributed by atoms with Gasteiger partial charge in [0.2, 0.25) is 0 Å². The summed E-state index contributed by atoms with van der Waals surface area (Å²) in [6.07, 6.45) is 0.656. The lowest BCUT2D eigenvalue weighted by atomic mass is 10.1. The van der Waals surface area contributed by atoms with E-state index in [2.05, 4.69) is 5.32 Å². The number of hydrogen-bond donors (Lipinski definition) is 2. The van der Waals surface area contributed by atoms with Gasteiger partial charge in [-0.25, -0.2) is 0 Å². The van der Waals surface area contributed by atoms with Crippen molar-refractivity contribution < 1.29 is 19.0 Å². The first-order valence-corrected chi connectivity index (χ1v) is 8.11. The van der Waals surface area contributed by atoms with Crippen molar-refractivity contribution in [3.05, 3.63) is 47.0 Å². The summed E-state index contributed by atoms with van der Waals surface area (Å²) in [7, 11) is 3.09. The van der Waals surface area contributed by atoms with E-state index in [1.54, 1.807) is 7.11 Å². The Morgan fingerprint density at radius 2 is 1.77 bits per heavy atom. The summed E-state index contributed by atoms with van der Waals surface area (Å²) in [6, 6.07) is 10.3. The van der Waals surface area contributed by atoms with E-state index < -0.39 is 0 Å². The molecule has 0 aliphatic heterocycles. The van der Waals surface area contributed by atoms with Crippen LogP contribution in [0.15, 0.2) is 36.4 Å². The van der Waals surface area contributed by atoms with Crippen LogP contribution in [0.5, 0.6) is 17.2 Å². The van der Waals surface area contributed by atoms with Gasteiger partial charge in [0.05, 0.1) is 37.1 Å². The van der Waals surface area contributed by atoms with Crippen LogP contribution in [-0.4, -0.2) is 33.3 Å². The highest BCUT2D eigenvalue weighted by molar-refractivity contribution is 6.33. The molecule has 0 heterocycles. The van der Waals surface area contributed by atoms with Crippen molar-refractivity contribution in [2.45, 2.75) is 6.42 Å². The fourth-order valence-electron chi connectivity index (χ4n) is 2.15. The number of benzene rings is 2. The minimum absolute atomic E-state index is 0. The van der Waals surface area contributed by atoms with Gasteiger partial charge in [-0.3, -0.25) is 4.79 Å². The van der Waals surface area contributed by atoms with Gasteiger partial charge in [-0.2, -0.15) is 0 Å². The smallest absolute Gasteiger partial charge is 0.255 e. The molecule has 0 fully saturated rings. The number of halogens is 2. The fourth-order valence-corrected chi connectivity index (χ4v) is 2.31. The Hall–Kier alpha value is -2.31. The van der Waals surface area contributed by atoms with Crippen LogP contribution in [0.3, 0.4) is 0 Å². The summed E-state index contributed by atoms with van der Waals surface area (Å²) in [5, 5.41) is 3.12. The molecule has 1 amide bonds. The zero-order valence-corrected chi connectivity index (χ0v) is 16.2. The summed E-state index contributed by atoms with van der Waals surface area (Å²) in [4.78, 5) is 12.2. The summed E-state index contributed by atoms with van der Waals surface area (Å²) in [5.41, 5.74) is 6.42. The number of hydrogen-bond acceptors (Lipinski definition) is 5. The molecule has 0 aliphatic rings. The topological polar surface area (TPSA) is 82.8 Å². The van der Waals surface area contributed by atoms with Gasteiger partial charge in [-0.05, 0) is 36.8 Å². The van der Waals surface area contributed by atoms with Gasteiger partial charge in [-0.1, -0.05) is 11.6 Å². The van der Waals surface area contributed by atoms with Crippen molar-refractivity contribution >= 4 is 35.6 Å². The fraction of sp³-hybridized carbons (Fsp3) is 0.278. The minimum Gasteiger partial charge on any atom is -0.497 e. The first-order chi connectivity index (χ1) is 12.0. The van der Waals surface area contributed by atoms with Gasteiger partial charge in [-0.15, -0.1) is 12.4 Å². The molecule has 6 nitrogen and oxygen atoms in total. The monoisotopic (exact) mass is 400 g/mol. The van der Waals surface area contributed by atoms with Crippen LogP contribution in [-0.2, 0) is 0 Å². The minimum atomic E-state index is -0.275. The van der Waals surface area contributed by atoms with E-state index in [0.29, 0.717) is 41.6 Å². The van der Waals surface area contributed by atoms with E-state index in [1.165, 1.54) is 19.2 Å². The molecule has 0 bridgehead atoms. The number of rotatable bonds is 8. The molecule has 2 aromatic carbocycles. The van der Waals surface area contributed by atoms with E-state index in [0.717, 1.165) is 11.5 Å². The number of nitrogens with one attached hydrogen (secondary N) is 1. The molecular weight excluding hydrogens is 379 g/mol. The number of carbonyl (C=O) groups excluding carboxylic acids is 1. The van der Waals surface area contributed by atoms with Crippen LogP contribution >= 0.6 is 24.0 Å². The maximum Gasteiger partial charge on any atom is 0.255 e. The molecule has 0 radical (unpaired) electrons. The second kappa shape index (κ2) is 10.6. The van der Waals surface area contributed by atoms with Gasteiger partial charge in [0.15, 0.2) is 0 Å². The van der Waals surface area contributed by atoms with Crippen LogP contribution < -0.4 is 25.3 Å². The third-order valence-electron chi connectivity index (χ3n) is 3.50. The van der Waals surface area contributed by atoms with E-state index in [-0.39, 0.29) is 18.3 Å². The molecule has 0 unspecified atom stereocenters. The summed E-state index contributed by atoms with van der Waals surface area (Å²) < 4.78 is 15.9. The highest BCUT2D eigenvalue weighted by Crippen LogP contribution is 2.28. The third-order valence-corrected chi connectivity index (χ3v) is 3.83. The molecule has 3 N–H and O–H groups in total. The van der Waals surface area contributed by atoms with E-state index in [9.17, 15) is 4.79 Å². The van der Waals surface area contributed by atoms with Crippen molar-refractivity contribution in [3.8, 4) is 17.2 Å². The van der Waals surface area contributed by atoms with Gasteiger partial charge < -0.3 is 25.3 Å². The Labute approximate surface area is 164 Å². The standard InChI is InChI=1S/C18H21ClN2O4.ClH/c1-23-12-4-6-13(7-5-12)25-9-3-8-21-18(22)14-10-15(19)16(20)11-17(14)24-2;/h4-7,10-11H,3,8-9,20H2,1-2H3,(H,21,22);1H. The Morgan fingerprint density at radius 1 is 1.12 bits per heavy atom. The highest BCUT2D eigenvalue weighted by Gasteiger charge is 2.14. The predicted molar refractivity (Wildman–Crippen MR) is 105 cm³/mol. The molecule has 0 aromatic heterocycles. The van der Waals surface area contributed by atoms with Crippen LogP contribution in [0.1, 0.15) is 16.8 Å². The van der Waals surface area contributed by atoms with E-state index >= 15 is 0 Å². The molecule has 26 heavy (non-hydrogen) atoms. The molecule has 0 saturated heterocycles. The van der Waals surface area contributed by atoms with Crippen molar-refractivity contribution in [2.75, 3.05) is 33.1 Å². The summed E-state index contributed by atoms with van der Waals surface area (Å²) >= 11 is 5.97. The molecule has 2 rings (SSSR count). The zero-order valence-electron chi connectivity index (χ0n) is 14.6. The molecule has 0 saturated carbocycles. The van der Waals surface area contributed by atoms with E-state index in [4.69, 9.17) is 31.5 Å². The van der Waals surface area contributed by atoms with Crippen LogP contribution in [0.25, 0.3) is 0 Å². The van der Waals surface area contributed by atoms with Gasteiger partial charge in [0.1, 0.15) is 17.2 Å². The second-order valence-corrected chi connectivity index (χ2v) is 5.61. The number of methoxy groups -OCH3 is 2. The Morgan fingerprint density at radius 3 is 2.38 bits per heavy atom. The van der Waals surface area contributed by atoms with Crippen molar-refractivity contribution in [1.82, 2.24) is 5.32 Å². The number of carbonyl (C=O) groups is 1. The Kier molecular flexibility index (Phi) is 8.88. The maximum atomic E-state index is 12.2. The average molecular weight is 401 g/mol. The zero-order chi connectivity index (χ0) is 18.2. The average Bonchev–Trinajstić information content (AvgIpc) is 2.63. The SMILES string of the molecule is COc1ccc(OCCCNC(=O)c2cc(Cl)c(N)cc2OC)cc1.Cl. The molecule has 0 aliphatic carbocycles. The van der Waals surface area contributed by atoms with Crippen LogP contribution in [0, 0.1) is 0 Å². The number of amides is 1. The van der Waals surface area contributed by atoms with E-state index in [1.807, 2.05) is 24.3 Å². The van der Waals surface area contributed by atoms with Crippen LogP contribution in [0.2, 0.25) is 5.02 Å². The lowest BCUT2D eigenvalue weighted by Crippen LogP contribution is -2.26. The molecule has 8 heteroatoms. The summed E-state index contributed by atoms with van der Waals surface area (Å²) in [5.74, 6) is 1.63. The van der Waals surface area contributed by atoms with Crippen molar-refractivity contribution in [3.63, 3.8) is 0 Å². The van der Waals surface area contributed by atoms with Crippen LogP contribution in [0.4, 0.5) is 5.69 Å².